The van der Waals surface area contributed by atoms with Gasteiger partial charge in [0, 0.05) is 47.5 Å². The lowest BCUT2D eigenvalue weighted by Gasteiger charge is -2.38. The molecule has 0 radical (unpaired) electrons. The van der Waals surface area contributed by atoms with Crippen LogP contribution in [0.3, 0.4) is 0 Å². The smallest absolute Gasteiger partial charge is 0.310 e. The summed E-state index contributed by atoms with van der Waals surface area (Å²) in [6.45, 7) is 21.7. The summed E-state index contributed by atoms with van der Waals surface area (Å²) in [7, 11) is -1.22. The minimum atomic E-state index is -1.31. The molecule has 2 atom stereocenters. The maximum Gasteiger partial charge on any atom is 0.310 e. The van der Waals surface area contributed by atoms with Crippen molar-refractivity contribution < 1.29 is 13.8 Å². The van der Waals surface area contributed by atoms with Crippen molar-refractivity contribution in [2.24, 2.45) is 0 Å². The van der Waals surface area contributed by atoms with Crippen molar-refractivity contribution in [1.29, 1.82) is 0 Å². The van der Waals surface area contributed by atoms with E-state index in [2.05, 4.69) is 91.3 Å². The van der Waals surface area contributed by atoms with Crippen LogP contribution in [0.2, 0.25) is 0 Å². The molecule has 0 amide bonds. The van der Waals surface area contributed by atoms with Gasteiger partial charge >= 0.3 is 8.45 Å². The molecule has 2 unspecified atom stereocenters. The zero-order valence-corrected chi connectivity index (χ0v) is 28.3. The van der Waals surface area contributed by atoms with Crippen molar-refractivity contribution in [2.45, 2.75) is 71.6 Å². The zero-order chi connectivity index (χ0) is 31.0. The maximum atomic E-state index is 6.91. The average Bonchev–Trinajstić information content (AvgIpc) is 3.65. The van der Waals surface area contributed by atoms with Crippen LogP contribution in [0.5, 0.6) is 23.0 Å². The first-order valence-corrected chi connectivity index (χ1v) is 16.6. The Kier molecular flexibility index (Phi) is 8.58. The number of hydrogen-bond acceptors (Lipinski definition) is 4. The van der Waals surface area contributed by atoms with Gasteiger partial charge in [-0.15, -0.1) is 0 Å². The Morgan fingerprint density at radius 2 is 1.37 bits per heavy atom. The number of aromatic nitrogens is 2. The predicted molar refractivity (Wildman–Crippen MR) is 181 cm³/mol. The fourth-order valence-corrected chi connectivity index (χ4v) is 6.81. The Balaban J connectivity index is 1.67. The molecule has 0 saturated carbocycles. The largest absolute Gasteiger partial charge is 0.451 e. The molecule has 2 aromatic carbocycles. The standard InChI is InChI=1S/C35H43N3O3P2/c1-10-11-16-36-43(38-19-14-15-20-38)41-30-24-26(34(5,6)7)22-28-32(30)39-31-27(35(28,8)9)21-25(33(2,3)4)23-29(31)40-42-37-17-12-13-18-37/h10-24,36,42H,1H2,2-9H3/b16-11-. The second-order valence-electron chi connectivity index (χ2n) is 13.4. The van der Waals surface area contributed by atoms with Crippen LogP contribution >= 0.6 is 17.4 Å². The third kappa shape index (κ3) is 6.56. The molecule has 1 aliphatic rings. The van der Waals surface area contributed by atoms with E-state index < -0.39 is 8.45 Å². The first-order valence-electron chi connectivity index (χ1n) is 14.6. The second kappa shape index (κ2) is 11.9. The Morgan fingerprint density at radius 1 is 0.837 bits per heavy atom. The van der Waals surface area contributed by atoms with Crippen LogP contribution in [0, 0.1) is 0 Å². The molecule has 0 bridgehead atoms. The van der Waals surface area contributed by atoms with Crippen LogP contribution < -0.4 is 18.9 Å². The first-order chi connectivity index (χ1) is 20.3. The normalized spacial score (nSPS) is 15.2. The number of ether oxygens (including phenoxy) is 1. The van der Waals surface area contributed by atoms with E-state index in [-0.39, 0.29) is 25.2 Å². The molecule has 6 nitrogen and oxygen atoms in total. The number of nitrogens with zero attached hydrogens (tertiary/aromatic N) is 2. The molecule has 5 rings (SSSR count). The van der Waals surface area contributed by atoms with Gasteiger partial charge in [-0.2, -0.15) is 0 Å². The van der Waals surface area contributed by atoms with Crippen LogP contribution in [0.4, 0.5) is 0 Å². The highest BCUT2D eigenvalue weighted by atomic mass is 31.2. The third-order valence-corrected chi connectivity index (χ3v) is 9.90. The van der Waals surface area contributed by atoms with Crippen molar-refractivity contribution in [3.05, 3.63) is 121 Å². The maximum absolute atomic E-state index is 6.91. The number of hydrogen-bond donors (Lipinski definition) is 1. The van der Waals surface area contributed by atoms with Crippen molar-refractivity contribution in [1.82, 2.24) is 13.8 Å². The van der Waals surface area contributed by atoms with Gasteiger partial charge in [0.25, 0.3) is 0 Å². The summed E-state index contributed by atoms with van der Waals surface area (Å²) in [6.07, 6.45) is 13.5. The number of allylic oxidation sites excluding steroid dienone is 2. The van der Waals surface area contributed by atoms with Crippen molar-refractivity contribution >= 4 is 17.4 Å². The van der Waals surface area contributed by atoms with Gasteiger partial charge < -0.3 is 23.2 Å². The Morgan fingerprint density at radius 3 is 1.93 bits per heavy atom. The van der Waals surface area contributed by atoms with Gasteiger partial charge in [0.1, 0.15) is 0 Å². The van der Waals surface area contributed by atoms with E-state index in [9.17, 15) is 0 Å². The molecule has 1 N–H and O–H groups in total. The highest BCUT2D eigenvalue weighted by Crippen LogP contribution is 2.58. The van der Waals surface area contributed by atoms with Crippen LogP contribution in [-0.4, -0.2) is 8.68 Å². The van der Waals surface area contributed by atoms with E-state index in [0.29, 0.717) is 5.75 Å². The van der Waals surface area contributed by atoms with Gasteiger partial charge in [-0.1, -0.05) is 80.2 Å². The number of benzene rings is 2. The highest BCUT2D eigenvalue weighted by Gasteiger charge is 2.40. The SMILES string of the molecule is C=C/C=C\NP(Oc1cc(C(C)(C)C)cc2c1Oc1c(OPn3cccc3)cc(C(C)(C)C)cc1C2(C)C)n1cccc1. The molecule has 1 aliphatic heterocycles. The zero-order valence-electron chi connectivity index (χ0n) is 26.4. The molecular weight excluding hydrogens is 572 g/mol. The van der Waals surface area contributed by atoms with E-state index in [1.165, 1.54) is 11.1 Å². The minimum absolute atomic E-state index is 0.0706. The molecule has 4 aromatic rings. The van der Waals surface area contributed by atoms with Crippen LogP contribution in [0.25, 0.3) is 0 Å². The van der Waals surface area contributed by atoms with Gasteiger partial charge in [-0.25, -0.2) is 0 Å². The summed E-state index contributed by atoms with van der Waals surface area (Å²) >= 11 is 0. The number of fused-ring (bicyclic) bond motifs is 2. The quantitative estimate of drug-likeness (QED) is 0.150. The molecular formula is C35H43N3O3P2. The summed E-state index contributed by atoms with van der Waals surface area (Å²) in [5.74, 6) is 2.89. The van der Waals surface area contributed by atoms with Crippen molar-refractivity contribution in [3.8, 4) is 23.0 Å². The Bertz CT molecular complexity index is 1610. The van der Waals surface area contributed by atoms with Crippen LogP contribution in [0.1, 0.15) is 77.6 Å². The molecule has 43 heavy (non-hydrogen) atoms. The van der Waals surface area contributed by atoms with Crippen molar-refractivity contribution in [3.63, 3.8) is 0 Å². The summed E-state index contributed by atoms with van der Waals surface area (Å²) in [6, 6.07) is 16.9. The summed E-state index contributed by atoms with van der Waals surface area (Å²) < 4.78 is 24.3. The van der Waals surface area contributed by atoms with Gasteiger partial charge in [0.05, 0.1) is 0 Å². The van der Waals surface area contributed by atoms with Crippen LogP contribution in [0.15, 0.2) is 98.2 Å². The molecule has 0 fully saturated rings. The molecule has 8 heteroatoms. The van der Waals surface area contributed by atoms with Crippen molar-refractivity contribution in [2.75, 3.05) is 0 Å². The number of nitrogens with one attached hydrogen (secondary N) is 1. The fourth-order valence-electron chi connectivity index (χ4n) is 4.95. The lowest BCUT2D eigenvalue weighted by molar-refractivity contribution is 0.383. The predicted octanol–water partition coefficient (Wildman–Crippen LogP) is 10.2. The molecule has 0 spiro atoms. The first kappa shape index (κ1) is 31.0. The van der Waals surface area contributed by atoms with Gasteiger partial charge in [-0.05, 0) is 64.4 Å². The molecule has 0 saturated heterocycles. The number of rotatable bonds is 9. The van der Waals surface area contributed by atoms with Gasteiger partial charge in [-0.3, -0.25) is 4.34 Å². The van der Waals surface area contributed by atoms with E-state index in [0.717, 1.165) is 28.4 Å². The summed E-state index contributed by atoms with van der Waals surface area (Å²) in [4.78, 5) is 0. The van der Waals surface area contributed by atoms with E-state index in [1.807, 2.05) is 70.0 Å². The molecule has 3 heterocycles. The lowest BCUT2D eigenvalue weighted by Crippen LogP contribution is -2.27. The minimum Gasteiger partial charge on any atom is -0.451 e. The molecule has 2 aromatic heterocycles. The molecule has 226 valence electrons. The lowest BCUT2D eigenvalue weighted by atomic mass is 9.72. The highest BCUT2D eigenvalue weighted by molar-refractivity contribution is 7.49. The Labute approximate surface area is 259 Å². The van der Waals surface area contributed by atoms with Gasteiger partial charge in [0.2, 0.25) is 0 Å². The van der Waals surface area contributed by atoms with E-state index in [4.69, 9.17) is 13.8 Å². The van der Waals surface area contributed by atoms with E-state index >= 15 is 0 Å². The average molecular weight is 616 g/mol. The third-order valence-electron chi connectivity index (χ3n) is 7.66. The molecule has 0 aliphatic carbocycles. The van der Waals surface area contributed by atoms with E-state index in [1.54, 1.807) is 6.08 Å². The monoisotopic (exact) mass is 615 g/mol. The Hall–Kier alpha value is -3.46. The van der Waals surface area contributed by atoms with Gasteiger partial charge in [0.15, 0.2) is 32.0 Å². The van der Waals surface area contributed by atoms with Crippen LogP contribution in [-0.2, 0) is 16.2 Å². The topological polar surface area (TPSA) is 49.6 Å². The summed E-state index contributed by atoms with van der Waals surface area (Å²) in [5, 5.41) is 3.42. The summed E-state index contributed by atoms with van der Waals surface area (Å²) in [5.41, 5.74) is 4.03. The fraction of sp³-hybridized carbons (Fsp3) is 0.314. The second-order valence-corrected chi connectivity index (χ2v) is 15.7.